The summed E-state index contributed by atoms with van der Waals surface area (Å²) in [6.45, 7) is 6.43. The van der Waals surface area contributed by atoms with Crippen LogP contribution in [0.15, 0.2) is 32.6 Å². The first-order chi connectivity index (χ1) is 11.0. The van der Waals surface area contributed by atoms with Crippen molar-refractivity contribution in [2.24, 2.45) is 0 Å². The Morgan fingerprint density at radius 3 is 2.83 bits per heavy atom. The summed E-state index contributed by atoms with van der Waals surface area (Å²) in [5.74, 6) is -0.300. The number of carbonyl (C=O) groups excluding carboxylic acids is 1. The van der Waals surface area contributed by atoms with Gasteiger partial charge in [-0.25, -0.2) is 4.98 Å². The summed E-state index contributed by atoms with van der Waals surface area (Å²) in [5, 5.41) is 0.700. The van der Waals surface area contributed by atoms with E-state index in [1.165, 1.54) is 11.8 Å². The predicted octanol–water partition coefficient (Wildman–Crippen LogP) is 3.61. The first-order valence-electron chi connectivity index (χ1n) is 7.51. The third kappa shape index (κ3) is 4.14. The molecule has 0 aliphatic rings. The summed E-state index contributed by atoms with van der Waals surface area (Å²) < 4.78 is 7.50. The van der Waals surface area contributed by atoms with E-state index in [1.54, 1.807) is 30.5 Å². The number of ether oxygens (including phenoxy) is 1. The minimum atomic E-state index is -0.419. The number of esters is 1. The Kier molecular flexibility index (Phi) is 6.24. The standard InChI is InChI=1S/C16H19BrN2O3S/c1-4-8-19-14(20)12-9-11(17)6-7-13(12)18-16(19)23-10(3)15(21)22-5-2/h6-7,9-10H,4-5,8H2,1-3H3. The Morgan fingerprint density at radius 2 is 2.17 bits per heavy atom. The molecule has 0 saturated heterocycles. The van der Waals surface area contributed by atoms with Gasteiger partial charge in [0, 0.05) is 11.0 Å². The summed E-state index contributed by atoms with van der Waals surface area (Å²) in [7, 11) is 0. The van der Waals surface area contributed by atoms with Crippen LogP contribution in [0.25, 0.3) is 10.9 Å². The van der Waals surface area contributed by atoms with E-state index in [9.17, 15) is 9.59 Å². The molecule has 1 aromatic carbocycles. The van der Waals surface area contributed by atoms with Crippen molar-refractivity contribution in [3.63, 3.8) is 0 Å². The normalized spacial score (nSPS) is 12.3. The molecule has 0 saturated carbocycles. The van der Waals surface area contributed by atoms with E-state index in [4.69, 9.17) is 4.74 Å². The lowest BCUT2D eigenvalue weighted by Crippen LogP contribution is -2.25. The van der Waals surface area contributed by atoms with Gasteiger partial charge < -0.3 is 4.74 Å². The topological polar surface area (TPSA) is 61.2 Å². The van der Waals surface area contributed by atoms with Gasteiger partial charge in [-0.2, -0.15) is 0 Å². The first kappa shape index (κ1) is 18.0. The summed E-state index contributed by atoms with van der Waals surface area (Å²) in [6, 6.07) is 5.43. The van der Waals surface area contributed by atoms with Crippen LogP contribution in [0.5, 0.6) is 0 Å². The smallest absolute Gasteiger partial charge is 0.319 e. The second kappa shape index (κ2) is 7.97. The lowest BCUT2D eigenvalue weighted by molar-refractivity contribution is -0.142. The third-order valence-corrected chi connectivity index (χ3v) is 4.79. The van der Waals surface area contributed by atoms with E-state index in [1.807, 2.05) is 13.0 Å². The summed E-state index contributed by atoms with van der Waals surface area (Å²) in [5.41, 5.74) is 0.542. The molecule has 1 heterocycles. The molecule has 0 bridgehead atoms. The number of benzene rings is 1. The van der Waals surface area contributed by atoms with Crippen LogP contribution in [0.2, 0.25) is 0 Å². The number of hydrogen-bond donors (Lipinski definition) is 0. The number of nitrogens with zero attached hydrogens (tertiary/aromatic N) is 2. The number of halogens is 1. The van der Waals surface area contributed by atoms with Crippen molar-refractivity contribution < 1.29 is 9.53 Å². The molecule has 0 aliphatic carbocycles. The van der Waals surface area contributed by atoms with Gasteiger partial charge in [-0.1, -0.05) is 34.6 Å². The molecule has 0 spiro atoms. The third-order valence-electron chi connectivity index (χ3n) is 3.23. The number of thioether (sulfide) groups is 1. The number of fused-ring (bicyclic) bond motifs is 1. The zero-order chi connectivity index (χ0) is 17.0. The molecule has 2 rings (SSSR count). The highest BCUT2D eigenvalue weighted by Crippen LogP contribution is 2.24. The van der Waals surface area contributed by atoms with E-state index in [-0.39, 0.29) is 11.5 Å². The summed E-state index contributed by atoms with van der Waals surface area (Å²) >= 11 is 4.64. The molecule has 0 amide bonds. The highest BCUT2D eigenvalue weighted by Gasteiger charge is 2.20. The van der Waals surface area contributed by atoms with Crippen molar-refractivity contribution in [3.8, 4) is 0 Å². The molecule has 5 nitrogen and oxygen atoms in total. The van der Waals surface area contributed by atoms with Crippen LogP contribution in [-0.2, 0) is 16.1 Å². The molecular weight excluding hydrogens is 380 g/mol. The first-order valence-corrected chi connectivity index (χ1v) is 9.18. The average Bonchev–Trinajstić information content (AvgIpc) is 2.52. The molecule has 124 valence electrons. The van der Waals surface area contributed by atoms with Crippen molar-refractivity contribution in [2.75, 3.05) is 6.61 Å². The van der Waals surface area contributed by atoms with Gasteiger partial charge in [0.1, 0.15) is 5.25 Å². The van der Waals surface area contributed by atoms with Crippen molar-refractivity contribution >= 4 is 44.6 Å². The molecule has 0 fully saturated rings. The highest BCUT2D eigenvalue weighted by molar-refractivity contribution is 9.10. The fraction of sp³-hybridized carbons (Fsp3) is 0.438. The Bertz CT molecular complexity index is 776. The number of hydrogen-bond acceptors (Lipinski definition) is 5. The molecule has 1 atom stereocenters. The minimum absolute atomic E-state index is 0.0864. The molecule has 1 aromatic heterocycles. The van der Waals surface area contributed by atoms with Crippen LogP contribution >= 0.6 is 27.7 Å². The molecule has 7 heteroatoms. The summed E-state index contributed by atoms with van der Waals surface area (Å²) in [6.07, 6.45) is 0.808. The second-order valence-corrected chi connectivity index (χ2v) is 7.25. The quantitative estimate of drug-likeness (QED) is 0.422. The summed E-state index contributed by atoms with van der Waals surface area (Å²) in [4.78, 5) is 29.2. The maximum Gasteiger partial charge on any atom is 0.319 e. The largest absolute Gasteiger partial charge is 0.465 e. The number of carbonyl (C=O) groups is 1. The Balaban J connectivity index is 2.49. The Labute approximate surface area is 147 Å². The van der Waals surface area contributed by atoms with Gasteiger partial charge in [0.2, 0.25) is 0 Å². The maximum atomic E-state index is 12.7. The lowest BCUT2D eigenvalue weighted by Gasteiger charge is -2.15. The van der Waals surface area contributed by atoms with E-state index in [0.717, 1.165) is 10.9 Å². The van der Waals surface area contributed by atoms with Gasteiger partial charge in [-0.15, -0.1) is 0 Å². The molecule has 0 radical (unpaired) electrons. The molecule has 23 heavy (non-hydrogen) atoms. The van der Waals surface area contributed by atoms with Gasteiger partial charge in [0.05, 0.1) is 17.5 Å². The average molecular weight is 399 g/mol. The van der Waals surface area contributed by atoms with Gasteiger partial charge >= 0.3 is 5.97 Å². The molecule has 0 aliphatic heterocycles. The SMILES string of the molecule is CCCn1c(SC(C)C(=O)OCC)nc2ccc(Br)cc2c1=O. The van der Waals surface area contributed by atoms with Crippen LogP contribution in [0.1, 0.15) is 27.2 Å². The monoisotopic (exact) mass is 398 g/mol. The van der Waals surface area contributed by atoms with Crippen molar-refractivity contribution in [2.45, 2.75) is 44.1 Å². The zero-order valence-corrected chi connectivity index (χ0v) is 15.7. The van der Waals surface area contributed by atoms with E-state index < -0.39 is 5.25 Å². The zero-order valence-electron chi connectivity index (χ0n) is 13.3. The van der Waals surface area contributed by atoms with Crippen LogP contribution in [-0.4, -0.2) is 27.4 Å². The fourth-order valence-corrected chi connectivity index (χ4v) is 3.44. The van der Waals surface area contributed by atoms with E-state index in [2.05, 4.69) is 20.9 Å². The molecule has 2 aromatic rings. The maximum absolute atomic E-state index is 12.7. The second-order valence-electron chi connectivity index (χ2n) is 5.02. The van der Waals surface area contributed by atoms with Gasteiger partial charge in [0.15, 0.2) is 5.16 Å². The van der Waals surface area contributed by atoms with Crippen LogP contribution in [0.4, 0.5) is 0 Å². The Hall–Kier alpha value is -1.34. The minimum Gasteiger partial charge on any atom is -0.465 e. The lowest BCUT2D eigenvalue weighted by atomic mass is 10.2. The fourth-order valence-electron chi connectivity index (χ4n) is 2.15. The van der Waals surface area contributed by atoms with Crippen LogP contribution in [0, 0.1) is 0 Å². The van der Waals surface area contributed by atoms with Gasteiger partial charge in [-0.05, 0) is 38.5 Å². The van der Waals surface area contributed by atoms with Gasteiger partial charge in [-0.3, -0.25) is 14.2 Å². The van der Waals surface area contributed by atoms with Crippen molar-refractivity contribution in [3.05, 3.63) is 33.0 Å². The molecule has 1 unspecified atom stereocenters. The highest BCUT2D eigenvalue weighted by atomic mass is 79.9. The van der Waals surface area contributed by atoms with Crippen LogP contribution in [0.3, 0.4) is 0 Å². The molecular formula is C16H19BrN2O3S. The molecule has 0 N–H and O–H groups in total. The Morgan fingerprint density at radius 1 is 1.43 bits per heavy atom. The van der Waals surface area contributed by atoms with E-state index >= 15 is 0 Å². The van der Waals surface area contributed by atoms with Crippen LogP contribution < -0.4 is 5.56 Å². The number of aromatic nitrogens is 2. The number of rotatable bonds is 6. The van der Waals surface area contributed by atoms with Gasteiger partial charge in [0.25, 0.3) is 5.56 Å². The predicted molar refractivity (Wildman–Crippen MR) is 95.9 cm³/mol. The van der Waals surface area contributed by atoms with E-state index in [0.29, 0.717) is 29.2 Å². The van der Waals surface area contributed by atoms with Crippen molar-refractivity contribution in [1.29, 1.82) is 0 Å². The van der Waals surface area contributed by atoms with Crippen molar-refractivity contribution in [1.82, 2.24) is 9.55 Å².